The molecule has 0 aliphatic carbocycles. The number of hydrogen-bond acceptors (Lipinski definition) is 6. The molecule has 0 N–H and O–H groups in total. The summed E-state index contributed by atoms with van der Waals surface area (Å²) in [5.74, 6) is -0.392. The third kappa shape index (κ3) is 5.23. The molecule has 2 saturated heterocycles. The summed E-state index contributed by atoms with van der Waals surface area (Å²) in [5.41, 5.74) is 2.70. The molecule has 186 valence electrons. The summed E-state index contributed by atoms with van der Waals surface area (Å²) in [6, 6.07) is 14.5. The van der Waals surface area contributed by atoms with E-state index < -0.39 is 5.82 Å². The Morgan fingerprint density at radius 1 is 1.28 bits per heavy atom. The predicted molar refractivity (Wildman–Crippen MR) is 144 cm³/mol. The van der Waals surface area contributed by atoms with E-state index in [0.29, 0.717) is 39.2 Å². The molecule has 0 bridgehead atoms. The number of aromatic nitrogens is 2. The van der Waals surface area contributed by atoms with Crippen molar-refractivity contribution in [3.63, 3.8) is 0 Å². The maximum Gasteiger partial charge on any atom is 0.266 e. The molecule has 2 aromatic carbocycles. The van der Waals surface area contributed by atoms with Crippen molar-refractivity contribution in [2.45, 2.75) is 32.3 Å². The van der Waals surface area contributed by atoms with Crippen LogP contribution in [0.4, 0.5) is 4.39 Å². The lowest BCUT2D eigenvalue weighted by Crippen LogP contribution is -2.35. The van der Waals surface area contributed by atoms with Crippen LogP contribution in [-0.2, 0) is 9.53 Å². The van der Waals surface area contributed by atoms with Gasteiger partial charge in [-0.05, 0) is 55.7 Å². The molecule has 9 heteroatoms. The van der Waals surface area contributed by atoms with Crippen molar-refractivity contribution in [3.8, 4) is 22.7 Å². The zero-order chi connectivity index (χ0) is 25.1. The number of para-hydroxylation sites is 1. The Bertz CT molecular complexity index is 1300. The van der Waals surface area contributed by atoms with E-state index in [1.807, 2.05) is 43.5 Å². The van der Waals surface area contributed by atoms with E-state index in [1.54, 1.807) is 27.8 Å². The Morgan fingerprint density at radius 3 is 2.83 bits per heavy atom. The van der Waals surface area contributed by atoms with Crippen LogP contribution in [0.1, 0.15) is 31.7 Å². The van der Waals surface area contributed by atoms with Gasteiger partial charge < -0.3 is 9.47 Å². The number of carbonyl (C=O) groups excluding carboxylic acids is 1. The van der Waals surface area contributed by atoms with Crippen LogP contribution in [0, 0.1) is 5.82 Å². The predicted octanol–water partition coefficient (Wildman–Crippen LogP) is 5.85. The standard InChI is InChI=1S/C27H26FN3O3S2/c1-2-12-34-23-11-10-18(14-22(23)28)25-19(16-31(29-25)20-7-4-3-5-8-20)15-24-26(32)30(27(35)36-24)17-21-9-6-13-33-21/h3-5,7-8,10-11,14-16,21H,2,6,9,12-13,17H2,1H3. The van der Waals surface area contributed by atoms with Crippen molar-refractivity contribution < 1.29 is 18.7 Å². The van der Waals surface area contributed by atoms with Crippen molar-refractivity contribution in [2.75, 3.05) is 19.8 Å². The van der Waals surface area contributed by atoms with E-state index in [4.69, 9.17) is 26.8 Å². The number of amides is 1. The number of rotatable bonds is 8. The lowest BCUT2D eigenvalue weighted by molar-refractivity contribution is -0.123. The minimum absolute atomic E-state index is 0.0136. The zero-order valence-electron chi connectivity index (χ0n) is 19.9. The van der Waals surface area contributed by atoms with Gasteiger partial charge in [-0.15, -0.1) is 0 Å². The Hall–Kier alpha value is -3.01. The van der Waals surface area contributed by atoms with Crippen molar-refractivity contribution >= 4 is 40.3 Å². The first kappa shape index (κ1) is 24.7. The summed E-state index contributed by atoms with van der Waals surface area (Å²) in [6.07, 6.45) is 6.36. The first-order valence-corrected chi connectivity index (χ1v) is 13.2. The molecule has 1 amide bonds. The number of thiocarbonyl (C=S) groups is 1. The summed E-state index contributed by atoms with van der Waals surface area (Å²) in [7, 11) is 0. The maximum atomic E-state index is 14.8. The molecule has 0 radical (unpaired) electrons. The molecule has 0 saturated carbocycles. The van der Waals surface area contributed by atoms with E-state index in [0.717, 1.165) is 31.6 Å². The van der Waals surface area contributed by atoms with Gasteiger partial charge in [0, 0.05) is 23.9 Å². The molecule has 2 aliphatic heterocycles. The summed E-state index contributed by atoms with van der Waals surface area (Å²) >= 11 is 6.77. The molecular weight excluding hydrogens is 497 g/mol. The molecule has 3 heterocycles. The molecule has 2 fully saturated rings. The van der Waals surface area contributed by atoms with Crippen LogP contribution in [0.3, 0.4) is 0 Å². The molecule has 1 atom stereocenters. The van der Waals surface area contributed by atoms with E-state index in [9.17, 15) is 9.18 Å². The summed E-state index contributed by atoms with van der Waals surface area (Å²) in [5, 5.41) is 4.75. The second kappa shape index (κ2) is 10.9. The quantitative estimate of drug-likeness (QED) is 0.273. The van der Waals surface area contributed by atoms with Crippen molar-refractivity contribution in [1.29, 1.82) is 0 Å². The van der Waals surface area contributed by atoms with Gasteiger partial charge in [0.25, 0.3) is 5.91 Å². The highest BCUT2D eigenvalue weighted by atomic mass is 32.2. The van der Waals surface area contributed by atoms with Crippen LogP contribution in [0.2, 0.25) is 0 Å². The van der Waals surface area contributed by atoms with Gasteiger partial charge in [0.2, 0.25) is 0 Å². The minimum atomic E-state index is -0.455. The lowest BCUT2D eigenvalue weighted by atomic mass is 10.1. The smallest absolute Gasteiger partial charge is 0.266 e. The van der Waals surface area contributed by atoms with Crippen LogP contribution in [0.25, 0.3) is 23.0 Å². The van der Waals surface area contributed by atoms with Crippen LogP contribution >= 0.6 is 24.0 Å². The van der Waals surface area contributed by atoms with Crippen molar-refractivity contribution in [2.24, 2.45) is 0 Å². The lowest BCUT2D eigenvalue weighted by Gasteiger charge is -2.18. The summed E-state index contributed by atoms with van der Waals surface area (Å²) < 4.78 is 28.2. The molecule has 3 aromatic rings. The monoisotopic (exact) mass is 523 g/mol. The van der Waals surface area contributed by atoms with Crippen LogP contribution in [-0.4, -0.2) is 50.8 Å². The average molecular weight is 524 g/mol. The zero-order valence-corrected chi connectivity index (χ0v) is 21.5. The second-order valence-corrected chi connectivity index (χ2v) is 10.3. The fourth-order valence-corrected chi connectivity index (χ4v) is 5.46. The highest BCUT2D eigenvalue weighted by molar-refractivity contribution is 8.26. The van der Waals surface area contributed by atoms with Crippen LogP contribution < -0.4 is 4.74 Å². The number of hydrogen-bond donors (Lipinski definition) is 0. The van der Waals surface area contributed by atoms with Gasteiger partial charge in [0.05, 0.1) is 29.8 Å². The molecule has 6 nitrogen and oxygen atoms in total. The number of nitrogens with zero attached hydrogens (tertiary/aromatic N) is 3. The van der Waals surface area contributed by atoms with Gasteiger partial charge in [-0.1, -0.05) is 49.1 Å². The highest BCUT2D eigenvalue weighted by Gasteiger charge is 2.35. The topological polar surface area (TPSA) is 56.6 Å². The van der Waals surface area contributed by atoms with E-state index in [2.05, 4.69) is 0 Å². The van der Waals surface area contributed by atoms with Gasteiger partial charge >= 0.3 is 0 Å². The van der Waals surface area contributed by atoms with Gasteiger partial charge in [0.1, 0.15) is 10.0 Å². The van der Waals surface area contributed by atoms with Crippen LogP contribution in [0.15, 0.2) is 59.6 Å². The van der Waals surface area contributed by atoms with Gasteiger partial charge in [-0.3, -0.25) is 9.69 Å². The van der Waals surface area contributed by atoms with Crippen LogP contribution in [0.5, 0.6) is 5.75 Å². The average Bonchev–Trinajstić information content (AvgIpc) is 3.61. The molecule has 2 aliphatic rings. The number of carbonyl (C=O) groups is 1. The Morgan fingerprint density at radius 2 is 2.11 bits per heavy atom. The first-order valence-electron chi connectivity index (χ1n) is 12.0. The molecule has 0 spiro atoms. The number of benzene rings is 2. The number of halogens is 1. The molecule has 1 aromatic heterocycles. The Labute approximate surface area is 219 Å². The largest absolute Gasteiger partial charge is 0.491 e. The molecule has 5 rings (SSSR count). The van der Waals surface area contributed by atoms with Crippen molar-refractivity contribution in [1.82, 2.24) is 14.7 Å². The molecule has 1 unspecified atom stereocenters. The summed E-state index contributed by atoms with van der Waals surface area (Å²) in [6.45, 7) is 3.59. The van der Waals surface area contributed by atoms with Gasteiger partial charge in [0.15, 0.2) is 11.6 Å². The summed E-state index contributed by atoms with van der Waals surface area (Å²) in [4.78, 5) is 15.3. The normalized spacial score (nSPS) is 19.0. The third-order valence-corrected chi connectivity index (χ3v) is 7.38. The Balaban J connectivity index is 1.50. The first-order chi connectivity index (χ1) is 17.5. The highest BCUT2D eigenvalue weighted by Crippen LogP contribution is 2.36. The van der Waals surface area contributed by atoms with Crippen molar-refractivity contribution in [3.05, 3.63) is 71.0 Å². The van der Waals surface area contributed by atoms with E-state index in [1.165, 1.54) is 17.8 Å². The third-order valence-electron chi connectivity index (χ3n) is 6.00. The van der Waals surface area contributed by atoms with E-state index >= 15 is 0 Å². The SMILES string of the molecule is CCCOc1ccc(-c2nn(-c3ccccc3)cc2C=C2SC(=S)N(CC3CCCO3)C2=O)cc1F. The fourth-order valence-electron chi connectivity index (χ4n) is 4.20. The number of thioether (sulfide) groups is 1. The fraction of sp³-hybridized carbons (Fsp3) is 0.296. The molecular formula is C27H26FN3O3S2. The Kier molecular flexibility index (Phi) is 7.50. The molecule has 36 heavy (non-hydrogen) atoms. The second-order valence-electron chi connectivity index (χ2n) is 8.63. The van der Waals surface area contributed by atoms with E-state index in [-0.39, 0.29) is 17.8 Å². The minimum Gasteiger partial charge on any atom is -0.491 e. The maximum absolute atomic E-state index is 14.8. The van der Waals surface area contributed by atoms with Gasteiger partial charge in [-0.25, -0.2) is 9.07 Å². The van der Waals surface area contributed by atoms with Gasteiger partial charge in [-0.2, -0.15) is 5.10 Å². The number of ether oxygens (including phenoxy) is 2.